The van der Waals surface area contributed by atoms with Crippen LogP contribution in [-0.2, 0) is 6.42 Å². The van der Waals surface area contributed by atoms with Gasteiger partial charge in [-0.2, -0.15) is 0 Å². The molecule has 84 valence electrons. The second kappa shape index (κ2) is 4.45. The van der Waals surface area contributed by atoms with Gasteiger partial charge in [0, 0.05) is 28.7 Å². The van der Waals surface area contributed by atoms with Crippen molar-refractivity contribution in [3.8, 4) is 0 Å². The van der Waals surface area contributed by atoms with Crippen molar-refractivity contribution in [2.24, 2.45) is 16.5 Å². The van der Waals surface area contributed by atoms with E-state index in [0.29, 0.717) is 6.54 Å². The van der Waals surface area contributed by atoms with Crippen LogP contribution in [0.1, 0.15) is 5.56 Å². The Morgan fingerprint density at radius 3 is 2.94 bits per heavy atom. The van der Waals surface area contributed by atoms with E-state index in [-0.39, 0.29) is 5.96 Å². The lowest BCUT2D eigenvalue weighted by Crippen LogP contribution is -2.23. The number of halogens is 1. The molecule has 16 heavy (non-hydrogen) atoms. The van der Waals surface area contributed by atoms with Crippen LogP contribution in [0.2, 0.25) is 5.02 Å². The van der Waals surface area contributed by atoms with Crippen LogP contribution in [0.3, 0.4) is 0 Å². The van der Waals surface area contributed by atoms with E-state index in [2.05, 4.69) is 9.98 Å². The molecule has 0 saturated heterocycles. The Balaban J connectivity index is 2.24. The minimum atomic E-state index is 0.123. The third-order valence-corrected chi connectivity index (χ3v) is 2.64. The number of rotatable bonds is 3. The highest BCUT2D eigenvalue weighted by atomic mass is 35.5. The van der Waals surface area contributed by atoms with Gasteiger partial charge in [0.25, 0.3) is 0 Å². The van der Waals surface area contributed by atoms with E-state index in [1.807, 2.05) is 24.4 Å². The van der Waals surface area contributed by atoms with E-state index < -0.39 is 0 Å². The normalized spacial score (nSPS) is 10.6. The average Bonchev–Trinajstić information content (AvgIpc) is 2.60. The van der Waals surface area contributed by atoms with Gasteiger partial charge in [-0.3, -0.25) is 4.99 Å². The van der Waals surface area contributed by atoms with E-state index in [1.165, 1.54) is 5.56 Å². The minimum absolute atomic E-state index is 0.123. The number of aromatic nitrogens is 1. The Hall–Kier alpha value is -1.68. The quantitative estimate of drug-likeness (QED) is 0.559. The molecule has 0 saturated carbocycles. The van der Waals surface area contributed by atoms with Crippen molar-refractivity contribution in [3.63, 3.8) is 0 Å². The first-order chi connectivity index (χ1) is 7.66. The monoisotopic (exact) mass is 236 g/mol. The van der Waals surface area contributed by atoms with Crippen LogP contribution in [-0.4, -0.2) is 17.5 Å². The molecule has 0 unspecified atom stereocenters. The summed E-state index contributed by atoms with van der Waals surface area (Å²) in [4.78, 5) is 7.14. The molecule has 5 N–H and O–H groups in total. The summed E-state index contributed by atoms with van der Waals surface area (Å²) in [6, 6.07) is 5.76. The van der Waals surface area contributed by atoms with Gasteiger partial charge in [-0.05, 0) is 30.2 Å². The fourth-order valence-corrected chi connectivity index (χ4v) is 1.84. The molecule has 0 radical (unpaired) electrons. The summed E-state index contributed by atoms with van der Waals surface area (Å²) in [6.45, 7) is 0.585. The van der Waals surface area contributed by atoms with Gasteiger partial charge in [-0.25, -0.2) is 0 Å². The van der Waals surface area contributed by atoms with Gasteiger partial charge < -0.3 is 16.5 Å². The van der Waals surface area contributed by atoms with Crippen LogP contribution in [0.25, 0.3) is 10.9 Å². The van der Waals surface area contributed by atoms with Crippen LogP contribution in [0.4, 0.5) is 0 Å². The molecule has 0 aliphatic heterocycles. The Labute approximate surface area is 98.3 Å². The standard InChI is InChI=1S/C11H13ClN4/c12-8-1-2-10-9(5-8)7(6-16-10)3-4-15-11(13)14/h1-2,5-6,16H,3-4H2,(H4,13,14,15). The summed E-state index contributed by atoms with van der Waals surface area (Å²) < 4.78 is 0. The fourth-order valence-electron chi connectivity index (χ4n) is 1.66. The molecule has 0 atom stereocenters. The number of nitrogens with two attached hydrogens (primary N) is 2. The first-order valence-electron chi connectivity index (χ1n) is 4.98. The van der Waals surface area contributed by atoms with E-state index in [4.69, 9.17) is 23.1 Å². The number of nitrogens with zero attached hydrogens (tertiary/aromatic N) is 1. The zero-order valence-electron chi connectivity index (χ0n) is 8.70. The van der Waals surface area contributed by atoms with E-state index in [9.17, 15) is 0 Å². The van der Waals surface area contributed by atoms with Gasteiger partial charge >= 0.3 is 0 Å². The van der Waals surface area contributed by atoms with Crippen molar-refractivity contribution in [1.82, 2.24) is 4.98 Å². The van der Waals surface area contributed by atoms with Gasteiger partial charge in [0.1, 0.15) is 0 Å². The van der Waals surface area contributed by atoms with Gasteiger partial charge in [-0.15, -0.1) is 0 Å². The molecule has 2 rings (SSSR count). The van der Waals surface area contributed by atoms with Crippen molar-refractivity contribution in [2.45, 2.75) is 6.42 Å². The SMILES string of the molecule is NC(N)=NCCc1c[nH]c2ccc(Cl)cc12. The van der Waals surface area contributed by atoms with Crippen LogP contribution >= 0.6 is 11.6 Å². The van der Waals surface area contributed by atoms with E-state index in [1.54, 1.807) is 0 Å². The molecule has 1 aromatic carbocycles. The Morgan fingerprint density at radius 2 is 2.19 bits per heavy atom. The number of aliphatic imine (C=N–C) groups is 1. The number of guanidine groups is 1. The number of hydrogen-bond acceptors (Lipinski definition) is 1. The van der Waals surface area contributed by atoms with Crippen molar-refractivity contribution in [3.05, 3.63) is 35.0 Å². The first-order valence-corrected chi connectivity index (χ1v) is 5.35. The van der Waals surface area contributed by atoms with E-state index in [0.717, 1.165) is 22.3 Å². The zero-order chi connectivity index (χ0) is 11.5. The number of fused-ring (bicyclic) bond motifs is 1. The number of hydrogen-bond donors (Lipinski definition) is 3. The molecule has 0 spiro atoms. The zero-order valence-corrected chi connectivity index (χ0v) is 9.46. The molecule has 0 amide bonds. The molecule has 0 bridgehead atoms. The molecular formula is C11H13ClN4. The lowest BCUT2D eigenvalue weighted by Gasteiger charge is -1.97. The Bertz CT molecular complexity index is 526. The third kappa shape index (κ3) is 2.28. The number of nitrogens with one attached hydrogen (secondary N) is 1. The highest BCUT2D eigenvalue weighted by molar-refractivity contribution is 6.31. The summed E-state index contributed by atoms with van der Waals surface area (Å²) in [6.07, 6.45) is 2.75. The van der Waals surface area contributed by atoms with Crippen molar-refractivity contribution >= 4 is 28.5 Å². The predicted octanol–water partition coefficient (Wildman–Crippen LogP) is 1.64. The van der Waals surface area contributed by atoms with Crippen molar-refractivity contribution in [1.29, 1.82) is 0 Å². The molecule has 5 heteroatoms. The predicted molar refractivity (Wildman–Crippen MR) is 67.7 cm³/mol. The summed E-state index contributed by atoms with van der Waals surface area (Å²) >= 11 is 5.95. The topological polar surface area (TPSA) is 80.2 Å². The number of H-pyrrole nitrogens is 1. The average molecular weight is 237 g/mol. The Morgan fingerprint density at radius 1 is 1.38 bits per heavy atom. The highest BCUT2D eigenvalue weighted by Crippen LogP contribution is 2.22. The van der Waals surface area contributed by atoms with Crippen molar-refractivity contribution in [2.75, 3.05) is 6.54 Å². The van der Waals surface area contributed by atoms with Crippen molar-refractivity contribution < 1.29 is 0 Å². The van der Waals surface area contributed by atoms with Gasteiger partial charge in [0.05, 0.1) is 0 Å². The summed E-state index contributed by atoms with van der Waals surface area (Å²) in [7, 11) is 0. The third-order valence-electron chi connectivity index (χ3n) is 2.40. The van der Waals surface area contributed by atoms with Crippen LogP contribution in [0.5, 0.6) is 0 Å². The van der Waals surface area contributed by atoms with Gasteiger partial charge in [0.2, 0.25) is 0 Å². The molecule has 1 heterocycles. The number of aromatic amines is 1. The van der Waals surface area contributed by atoms with Gasteiger partial charge in [0.15, 0.2) is 5.96 Å². The molecule has 2 aromatic rings. The summed E-state index contributed by atoms with van der Waals surface area (Å²) in [5, 5.41) is 1.86. The first kappa shape index (κ1) is 10.8. The number of benzene rings is 1. The summed E-state index contributed by atoms with van der Waals surface area (Å²) in [5.41, 5.74) is 12.8. The largest absolute Gasteiger partial charge is 0.370 e. The van der Waals surface area contributed by atoms with Gasteiger partial charge in [-0.1, -0.05) is 11.6 Å². The maximum absolute atomic E-state index is 5.95. The molecule has 1 aromatic heterocycles. The van der Waals surface area contributed by atoms with Crippen LogP contribution in [0.15, 0.2) is 29.4 Å². The molecule has 4 nitrogen and oxygen atoms in total. The molecular weight excluding hydrogens is 224 g/mol. The second-order valence-electron chi connectivity index (χ2n) is 3.56. The van der Waals surface area contributed by atoms with E-state index >= 15 is 0 Å². The fraction of sp³-hybridized carbons (Fsp3) is 0.182. The summed E-state index contributed by atoms with van der Waals surface area (Å²) in [5.74, 6) is 0.123. The lowest BCUT2D eigenvalue weighted by molar-refractivity contribution is 0.969. The highest BCUT2D eigenvalue weighted by Gasteiger charge is 2.03. The minimum Gasteiger partial charge on any atom is -0.370 e. The maximum Gasteiger partial charge on any atom is 0.185 e. The Kier molecular flexibility index (Phi) is 3.01. The van der Waals surface area contributed by atoms with Crippen LogP contribution < -0.4 is 11.5 Å². The maximum atomic E-state index is 5.95. The molecule has 0 aliphatic carbocycles. The lowest BCUT2D eigenvalue weighted by atomic mass is 10.1. The van der Waals surface area contributed by atoms with Crippen LogP contribution in [0, 0.1) is 0 Å². The molecule has 0 fully saturated rings. The second-order valence-corrected chi connectivity index (χ2v) is 4.00. The smallest absolute Gasteiger partial charge is 0.185 e. The molecule has 0 aliphatic rings.